The van der Waals surface area contributed by atoms with Gasteiger partial charge in [-0.15, -0.1) is 0 Å². The van der Waals surface area contributed by atoms with E-state index >= 15 is 0 Å². The molecule has 16 heavy (non-hydrogen) atoms. The summed E-state index contributed by atoms with van der Waals surface area (Å²) in [6.07, 6.45) is 2.18. The molecule has 0 bridgehead atoms. The molecular formula is C11H16N2O3. The summed E-state index contributed by atoms with van der Waals surface area (Å²) >= 11 is 0. The highest BCUT2D eigenvalue weighted by Crippen LogP contribution is 2.15. The van der Waals surface area contributed by atoms with Crippen molar-refractivity contribution in [3.8, 4) is 0 Å². The van der Waals surface area contributed by atoms with Crippen LogP contribution in [0.4, 0.5) is 0 Å². The molecule has 1 amide bonds. The number of nitrogens with one attached hydrogen (secondary N) is 1. The van der Waals surface area contributed by atoms with Crippen LogP contribution >= 0.6 is 0 Å². The lowest BCUT2D eigenvalue weighted by Gasteiger charge is -2.18. The van der Waals surface area contributed by atoms with E-state index in [9.17, 15) is 4.79 Å². The zero-order chi connectivity index (χ0) is 11.5. The van der Waals surface area contributed by atoms with Crippen molar-refractivity contribution >= 4 is 5.91 Å². The maximum Gasteiger partial charge on any atom is 0.290 e. The SMILES string of the molecule is Cc1cc(C(=O)NC(C)C2CCCO2)on1. The molecule has 2 unspecified atom stereocenters. The smallest absolute Gasteiger partial charge is 0.290 e. The predicted octanol–water partition coefficient (Wildman–Crippen LogP) is 1.28. The summed E-state index contributed by atoms with van der Waals surface area (Å²) in [5, 5.41) is 6.53. The molecule has 88 valence electrons. The van der Waals surface area contributed by atoms with E-state index < -0.39 is 0 Å². The zero-order valence-electron chi connectivity index (χ0n) is 9.53. The highest BCUT2D eigenvalue weighted by molar-refractivity contribution is 5.91. The van der Waals surface area contributed by atoms with Crippen LogP contribution < -0.4 is 5.32 Å². The number of carbonyl (C=O) groups is 1. The number of rotatable bonds is 3. The molecule has 1 saturated heterocycles. The van der Waals surface area contributed by atoms with E-state index in [4.69, 9.17) is 9.26 Å². The van der Waals surface area contributed by atoms with Crippen LogP contribution in [0.2, 0.25) is 0 Å². The van der Waals surface area contributed by atoms with Crippen LogP contribution in [0.3, 0.4) is 0 Å². The van der Waals surface area contributed by atoms with Crippen LogP contribution in [-0.4, -0.2) is 29.8 Å². The first-order valence-corrected chi connectivity index (χ1v) is 5.52. The van der Waals surface area contributed by atoms with Crippen molar-refractivity contribution in [2.24, 2.45) is 0 Å². The van der Waals surface area contributed by atoms with Crippen molar-refractivity contribution in [3.05, 3.63) is 17.5 Å². The van der Waals surface area contributed by atoms with Gasteiger partial charge < -0.3 is 14.6 Å². The molecule has 2 heterocycles. The first-order chi connectivity index (χ1) is 7.66. The molecule has 1 aliphatic rings. The summed E-state index contributed by atoms with van der Waals surface area (Å²) in [6.45, 7) is 4.51. The van der Waals surface area contributed by atoms with Crippen molar-refractivity contribution in [2.75, 3.05) is 6.61 Å². The Kier molecular flexibility index (Phi) is 3.24. The van der Waals surface area contributed by atoms with Crippen molar-refractivity contribution < 1.29 is 14.1 Å². The van der Waals surface area contributed by atoms with E-state index in [1.807, 2.05) is 6.92 Å². The normalized spacial score (nSPS) is 22.0. The van der Waals surface area contributed by atoms with Gasteiger partial charge in [-0.2, -0.15) is 0 Å². The summed E-state index contributed by atoms with van der Waals surface area (Å²) < 4.78 is 10.4. The number of hydrogen-bond donors (Lipinski definition) is 1. The molecule has 0 spiro atoms. The first-order valence-electron chi connectivity index (χ1n) is 5.52. The quantitative estimate of drug-likeness (QED) is 0.840. The number of aromatic nitrogens is 1. The van der Waals surface area contributed by atoms with Crippen LogP contribution in [0.5, 0.6) is 0 Å². The molecule has 2 rings (SSSR count). The number of nitrogens with zero attached hydrogens (tertiary/aromatic N) is 1. The summed E-state index contributed by atoms with van der Waals surface area (Å²) in [5.41, 5.74) is 0.704. The molecular weight excluding hydrogens is 208 g/mol. The lowest BCUT2D eigenvalue weighted by atomic mass is 10.1. The molecule has 0 aromatic carbocycles. The summed E-state index contributed by atoms with van der Waals surface area (Å²) in [4.78, 5) is 11.7. The van der Waals surface area contributed by atoms with Gasteiger partial charge in [0, 0.05) is 12.7 Å². The molecule has 1 aromatic heterocycles. The lowest BCUT2D eigenvalue weighted by molar-refractivity contribution is 0.0691. The van der Waals surface area contributed by atoms with Gasteiger partial charge in [-0.25, -0.2) is 0 Å². The Bertz CT molecular complexity index is 369. The Morgan fingerprint density at radius 3 is 3.06 bits per heavy atom. The number of carbonyl (C=O) groups excluding carboxylic acids is 1. The van der Waals surface area contributed by atoms with Gasteiger partial charge in [0.2, 0.25) is 5.76 Å². The standard InChI is InChI=1S/C11H16N2O3/c1-7-6-10(16-13-7)11(14)12-8(2)9-4-3-5-15-9/h6,8-9H,3-5H2,1-2H3,(H,12,14). The monoisotopic (exact) mass is 224 g/mol. The Balaban J connectivity index is 1.91. The number of aryl methyl sites for hydroxylation is 1. The first kappa shape index (κ1) is 11.1. The fourth-order valence-electron chi connectivity index (χ4n) is 1.84. The third-order valence-corrected chi connectivity index (χ3v) is 2.73. The summed E-state index contributed by atoms with van der Waals surface area (Å²) in [5.74, 6) is 0.0194. The fourth-order valence-corrected chi connectivity index (χ4v) is 1.84. The van der Waals surface area contributed by atoms with Crippen LogP contribution in [0.25, 0.3) is 0 Å². The van der Waals surface area contributed by atoms with Crippen molar-refractivity contribution in [3.63, 3.8) is 0 Å². The second-order valence-electron chi connectivity index (χ2n) is 4.15. The molecule has 0 aliphatic carbocycles. The minimum Gasteiger partial charge on any atom is -0.376 e. The lowest BCUT2D eigenvalue weighted by Crippen LogP contribution is -2.40. The van der Waals surface area contributed by atoms with Crippen molar-refractivity contribution in [1.82, 2.24) is 10.5 Å². The van der Waals surface area contributed by atoms with Gasteiger partial charge in [-0.3, -0.25) is 4.79 Å². The molecule has 0 saturated carbocycles. The van der Waals surface area contributed by atoms with E-state index in [-0.39, 0.29) is 23.8 Å². The Hall–Kier alpha value is -1.36. The van der Waals surface area contributed by atoms with Gasteiger partial charge in [0.25, 0.3) is 5.91 Å². The number of hydrogen-bond acceptors (Lipinski definition) is 4. The second kappa shape index (κ2) is 4.65. The van der Waals surface area contributed by atoms with E-state index in [0.29, 0.717) is 5.69 Å². The topological polar surface area (TPSA) is 64.4 Å². The van der Waals surface area contributed by atoms with Crippen LogP contribution in [-0.2, 0) is 4.74 Å². The predicted molar refractivity (Wildman–Crippen MR) is 57.1 cm³/mol. The maximum atomic E-state index is 11.7. The van der Waals surface area contributed by atoms with E-state index in [2.05, 4.69) is 10.5 Å². The van der Waals surface area contributed by atoms with Crippen LogP contribution in [0.1, 0.15) is 36.0 Å². The highest BCUT2D eigenvalue weighted by atomic mass is 16.5. The van der Waals surface area contributed by atoms with E-state index in [0.717, 1.165) is 19.4 Å². The van der Waals surface area contributed by atoms with Gasteiger partial charge in [0.1, 0.15) is 0 Å². The van der Waals surface area contributed by atoms with Gasteiger partial charge in [-0.1, -0.05) is 5.16 Å². The molecule has 1 N–H and O–H groups in total. The van der Waals surface area contributed by atoms with E-state index in [1.54, 1.807) is 13.0 Å². The second-order valence-corrected chi connectivity index (χ2v) is 4.15. The minimum atomic E-state index is -0.233. The molecule has 2 atom stereocenters. The molecule has 1 fully saturated rings. The molecule has 1 aliphatic heterocycles. The van der Waals surface area contributed by atoms with Gasteiger partial charge in [-0.05, 0) is 26.7 Å². The molecule has 5 heteroatoms. The molecule has 5 nitrogen and oxygen atoms in total. The third kappa shape index (κ3) is 2.41. The number of ether oxygens (including phenoxy) is 1. The Morgan fingerprint density at radius 1 is 1.69 bits per heavy atom. The van der Waals surface area contributed by atoms with Crippen molar-refractivity contribution in [2.45, 2.75) is 38.8 Å². The Labute approximate surface area is 94.1 Å². The zero-order valence-corrected chi connectivity index (χ0v) is 9.53. The van der Waals surface area contributed by atoms with Crippen LogP contribution in [0, 0.1) is 6.92 Å². The van der Waals surface area contributed by atoms with E-state index in [1.165, 1.54) is 0 Å². The summed E-state index contributed by atoms with van der Waals surface area (Å²) in [7, 11) is 0. The minimum absolute atomic E-state index is 0.000376. The molecule has 0 radical (unpaired) electrons. The fraction of sp³-hybridized carbons (Fsp3) is 0.636. The summed E-state index contributed by atoms with van der Waals surface area (Å²) in [6, 6.07) is 1.62. The van der Waals surface area contributed by atoms with Crippen molar-refractivity contribution in [1.29, 1.82) is 0 Å². The van der Waals surface area contributed by atoms with Crippen LogP contribution in [0.15, 0.2) is 10.6 Å². The average molecular weight is 224 g/mol. The van der Waals surface area contributed by atoms with Gasteiger partial charge >= 0.3 is 0 Å². The Morgan fingerprint density at radius 2 is 2.50 bits per heavy atom. The largest absolute Gasteiger partial charge is 0.376 e. The van der Waals surface area contributed by atoms with Gasteiger partial charge in [0.15, 0.2) is 0 Å². The molecule has 1 aromatic rings. The van der Waals surface area contributed by atoms with Gasteiger partial charge in [0.05, 0.1) is 17.8 Å². The third-order valence-electron chi connectivity index (χ3n) is 2.73. The number of amides is 1. The maximum absolute atomic E-state index is 11.7. The highest BCUT2D eigenvalue weighted by Gasteiger charge is 2.24. The average Bonchev–Trinajstić information content (AvgIpc) is 2.87.